The fraction of sp³-hybridized carbons (Fsp3) is 0.938. The maximum Gasteiger partial charge on any atom is 0.225 e. The quantitative estimate of drug-likeness (QED) is 0.844. The minimum absolute atomic E-state index is 0.0680. The Hall–Kier alpha value is -0.610. The molecule has 1 rings (SSSR count). The number of nitrogens with zero attached hydrogens (tertiary/aromatic N) is 1. The monoisotopic (exact) mass is 284 g/mol. The number of nitrogens with two attached hydrogens (primary N) is 1. The van der Waals surface area contributed by atoms with Gasteiger partial charge in [-0.05, 0) is 47.5 Å². The normalized spacial score (nSPS) is 24.2. The van der Waals surface area contributed by atoms with Gasteiger partial charge in [0.25, 0.3) is 0 Å². The fourth-order valence-electron chi connectivity index (χ4n) is 3.12. The van der Waals surface area contributed by atoms with Crippen LogP contribution in [0.1, 0.15) is 60.8 Å². The number of ether oxygens (including phenoxy) is 1. The van der Waals surface area contributed by atoms with Crippen LogP contribution in [-0.4, -0.2) is 41.1 Å². The molecule has 0 aromatic heterocycles. The molecule has 4 heteroatoms. The summed E-state index contributed by atoms with van der Waals surface area (Å²) in [6.45, 7) is 13.6. The molecule has 0 radical (unpaired) electrons. The van der Waals surface area contributed by atoms with Gasteiger partial charge in [-0.25, -0.2) is 0 Å². The predicted molar refractivity (Wildman–Crippen MR) is 82.5 cm³/mol. The van der Waals surface area contributed by atoms with E-state index in [9.17, 15) is 4.79 Å². The zero-order valence-electron chi connectivity index (χ0n) is 14.0. The fourth-order valence-corrected chi connectivity index (χ4v) is 3.12. The van der Waals surface area contributed by atoms with Gasteiger partial charge in [-0.1, -0.05) is 13.3 Å². The zero-order valence-corrected chi connectivity index (χ0v) is 14.0. The second-order valence-corrected chi connectivity index (χ2v) is 7.62. The highest BCUT2D eigenvalue weighted by molar-refractivity contribution is 5.78. The number of rotatable bonds is 5. The topological polar surface area (TPSA) is 55.6 Å². The van der Waals surface area contributed by atoms with Crippen molar-refractivity contribution in [1.82, 2.24) is 4.90 Å². The van der Waals surface area contributed by atoms with Crippen LogP contribution in [0.3, 0.4) is 0 Å². The first kappa shape index (κ1) is 17.4. The molecule has 0 bridgehead atoms. The summed E-state index contributed by atoms with van der Waals surface area (Å²) in [5.41, 5.74) is 5.21. The maximum absolute atomic E-state index is 12.6. The minimum Gasteiger partial charge on any atom is -0.366 e. The molecule has 1 fully saturated rings. The van der Waals surface area contributed by atoms with Crippen molar-refractivity contribution in [3.8, 4) is 0 Å². The van der Waals surface area contributed by atoms with E-state index in [4.69, 9.17) is 10.5 Å². The minimum atomic E-state index is -0.275. The first-order chi connectivity index (χ1) is 9.02. The van der Waals surface area contributed by atoms with Crippen molar-refractivity contribution in [3.63, 3.8) is 0 Å². The SMILES string of the molecule is CC(N)CCCC(C)C(=O)N1CC(C)(C)OC(C)(C)C1. The van der Waals surface area contributed by atoms with Crippen LogP contribution in [0.15, 0.2) is 0 Å². The lowest BCUT2D eigenvalue weighted by Gasteiger charge is -2.47. The highest BCUT2D eigenvalue weighted by atomic mass is 16.5. The maximum atomic E-state index is 12.6. The van der Waals surface area contributed by atoms with Crippen molar-refractivity contribution in [1.29, 1.82) is 0 Å². The largest absolute Gasteiger partial charge is 0.366 e. The van der Waals surface area contributed by atoms with E-state index in [0.717, 1.165) is 19.3 Å². The Bertz CT molecular complexity index is 321. The smallest absolute Gasteiger partial charge is 0.225 e. The molecule has 0 aliphatic carbocycles. The van der Waals surface area contributed by atoms with Gasteiger partial charge < -0.3 is 15.4 Å². The van der Waals surface area contributed by atoms with Gasteiger partial charge in [0.1, 0.15) is 0 Å². The standard InChI is InChI=1S/C16H32N2O2/c1-12(8-7-9-13(2)17)14(19)18-10-15(3,4)20-16(5,6)11-18/h12-13H,7-11,17H2,1-6H3. The van der Waals surface area contributed by atoms with Gasteiger partial charge in [-0.2, -0.15) is 0 Å². The van der Waals surface area contributed by atoms with E-state index < -0.39 is 0 Å². The van der Waals surface area contributed by atoms with E-state index in [1.807, 2.05) is 18.7 Å². The molecular weight excluding hydrogens is 252 g/mol. The van der Waals surface area contributed by atoms with Crippen molar-refractivity contribution >= 4 is 5.91 Å². The third kappa shape index (κ3) is 5.41. The Labute approximate surface area is 124 Å². The molecule has 2 unspecified atom stereocenters. The highest BCUT2D eigenvalue weighted by Crippen LogP contribution is 2.29. The van der Waals surface area contributed by atoms with Gasteiger partial charge in [-0.3, -0.25) is 4.79 Å². The van der Waals surface area contributed by atoms with E-state index in [-0.39, 0.29) is 29.1 Å². The number of carbonyl (C=O) groups is 1. The lowest BCUT2D eigenvalue weighted by Crippen LogP contribution is -2.59. The van der Waals surface area contributed by atoms with E-state index in [2.05, 4.69) is 27.7 Å². The first-order valence-corrected chi connectivity index (χ1v) is 7.77. The number of morpholine rings is 1. The lowest BCUT2D eigenvalue weighted by atomic mass is 9.95. The average molecular weight is 284 g/mol. The van der Waals surface area contributed by atoms with Crippen LogP contribution in [0.4, 0.5) is 0 Å². The van der Waals surface area contributed by atoms with Crippen LogP contribution in [0.25, 0.3) is 0 Å². The molecule has 1 aliphatic rings. The molecule has 1 aliphatic heterocycles. The summed E-state index contributed by atoms with van der Waals surface area (Å²) in [6.07, 6.45) is 2.91. The van der Waals surface area contributed by atoms with Gasteiger partial charge in [-0.15, -0.1) is 0 Å². The molecule has 2 N–H and O–H groups in total. The van der Waals surface area contributed by atoms with Gasteiger partial charge in [0.2, 0.25) is 5.91 Å². The molecule has 0 aromatic rings. The summed E-state index contributed by atoms with van der Waals surface area (Å²) in [4.78, 5) is 14.6. The predicted octanol–water partition coefficient (Wildman–Crippen LogP) is 2.56. The molecule has 1 heterocycles. The Morgan fingerprint density at radius 2 is 1.65 bits per heavy atom. The first-order valence-electron chi connectivity index (χ1n) is 7.77. The summed E-state index contributed by atoms with van der Waals surface area (Å²) in [7, 11) is 0. The van der Waals surface area contributed by atoms with Crippen LogP contribution in [0.5, 0.6) is 0 Å². The van der Waals surface area contributed by atoms with Crippen LogP contribution in [-0.2, 0) is 9.53 Å². The van der Waals surface area contributed by atoms with Gasteiger partial charge >= 0.3 is 0 Å². The molecule has 0 saturated carbocycles. The van der Waals surface area contributed by atoms with Crippen LogP contribution in [0.2, 0.25) is 0 Å². The molecule has 1 amide bonds. The summed E-state index contributed by atoms with van der Waals surface area (Å²) in [5.74, 6) is 0.317. The number of amides is 1. The van der Waals surface area contributed by atoms with Gasteiger partial charge in [0.05, 0.1) is 11.2 Å². The van der Waals surface area contributed by atoms with Crippen molar-refractivity contribution in [3.05, 3.63) is 0 Å². The Morgan fingerprint density at radius 3 is 2.10 bits per heavy atom. The number of carbonyl (C=O) groups excluding carboxylic acids is 1. The third-order valence-electron chi connectivity index (χ3n) is 3.73. The summed E-state index contributed by atoms with van der Waals surface area (Å²) >= 11 is 0. The van der Waals surface area contributed by atoms with Crippen LogP contribution < -0.4 is 5.73 Å². The lowest BCUT2D eigenvalue weighted by molar-refractivity contribution is -0.189. The summed E-state index contributed by atoms with van der Waals surface area (Å²) in [5, 5.41) is 0. The van der Waals surface area contributed by atoms with Crippen molar-refractivity contribution in [2.45, 2.75) is 78.0 Å². The molecule has 1 saturated heterocycles. The zero-order chi connectivity index (χ0) is 15.6. The van der Waals surface area contributed by atoms with Crippen LogP contribution in [0, 0.1) is 5.92 Å². The van der Waals surface area contributed by atoms with Crippen molar-refractivity contribution < 1.29 is 9.53 Å². The highest BCUT2D eigenvalue weighted by Gasteiger charge is 2.40. The molecular formula is C16H32N2O2. The second kappa shape index (κ2) is 6.44. The van der Waals surface area contributed by atoms with Crippen molar-refractivity contribution in [2.75, 3.05) is 13.1 Å². The Kier molecular flexibility index (Phi) is 5.61. The van der Waals surface area contributed by atoms with E-state index in [1.165, 1.54) is 0 Å². The number of hydrogen-bond donors (Lipinski definition) is 1. The molecule has 4 nitrogen and oxygen atoms in total. The Balaban J connectivity index is 2.57. The molecule has 20 heavy (non-hydrogen) atoms. The molecule has 118 valence electrons. The molecule has 0 spiro atoms. The third-order valence-corrected chi connectivity index (χ3v) is 3.73. The second-order valence-electron chi connectivity index (χ2n) is 7.62. The Morgan fingerprint density at radius 1 is 1.15 bits per heavy atom. The molecule has 0 aromatic carbocycles. The molecule has 2 atom stereocenters. The van der Waals surface area contributed by atoms with Crippen molar-refractivity contribution in [2.24, 2.45) is 11.7 Å². The summed E-state index contributed by atoms with van der Waals surface area (Å²) < 4.78 is 6.02. The van der Waals surface area contributed by atoms with Gasteiger partial charge in [0.15, 0.2) is 0 Å². The van der Waals surface area contributed by atoms with E-state index in [1.54, 1.807) is 0 Å². The van der Waals surface area contributed by atoms with E-state index >= 15 is 0 Å². The van der Waals surface area contributed by atoms with Crippen LogP contribution >= 0.6 is 0 Å². The van der Waals surface area contributed by atoms with E-state index in [0.29, 0.717) is 13.1 Å². The average Bonchev–Trinajstić information content (AvgIpc) is 2.22. The summed E-state index contributed by atoms with van der Waals surface area (Å²) in [6, 6.07) is 0.221. The number of hydrogen-bond acceptors (Lipinski definition) is 3. The van der Waals surface area contributed by atoms with Gasteiger partial charge in [0, 0.05) is 25.0 Å².